The van der Waals surface area contributed by atoms with Crippen molar-refractivity contribution in [1.29, 1.82) is 0 Å². The lowest BCUT2D eigenvalue weighted by Gasteiger charge is -2.32. The van der Waals surface area contributed by atoms with Crippen molar-refractivity contribution < 1.29 is 4.39 Å². The molecule has 0 radical (unpaired) electrons. The van der Waals surface area contributed by atoms with Crippen LogP contribution in [0.1, 0.15) is 69.0 Å². The van der Waals surface area contributed by atoms with Crippen molar-refractivity contribution >= 4 is 0 Å². The first kappa shape index (κ1) is 14.1. The van der Waals surface area contributed by atoms with Crippen LogP contribution in [0.2, 0.25) is 0 Å². The van der Waals surface area contributed by atoms with Gasteiger partial charge in [0.25, 0.3) is 0 Å². The van der Waals surface area contributed by atoms with Gasteiger partial charge in [-0.25, -0.2) is 4.39 Å². The fourth-order valence-corrected chi connectivity index (χ4v) is 4.17. The van der Waals surface area contributed by atoms with Crippen LogP contribution >= 0.6 is 0 Å². The Hall–Kier alpha value is -0.890. The Morgan fingerprint density at radius 2 is 2.00 bits per heavy atom. The monoisotopic (exact) mass is 275 g/mol. The number of halogens is 1. The van der Waals surface area contributed by atoms with Gasteiger partial charge in [-0.3, -0.25) is 0 Å². The van der Waals surface area contributed by atoms with Crippen LogP contribution in [0, 0.1) is 11.7 Å². The summed E-state index contributed by atoms with van der Waals surface area (Å²) < 4.78 is 13.8. The van der Waals surface area contributed by atoms with Crippen molar-refractivity contribution in [2.75, 3.05) is 0 Å². The second-order valence-electron chi connectivity index (χ2n) is 6.48. The SMILES string of the molecule is CCC(NC1CCc2c(F)cccc21)C1CCCCC1. The molecule has 2 heteroatoms. The lowest BCUT2D eigenvalue weighted by molar-refractivity contribution is 0.245. The number of hydrogen-bond acceptors (Lipinski definition) is 1. The number of rotatable bonds is 4. The molecule has 2 atom stereocenters. The highest BCUT2D eigenvalue weighted by atomic mass is 19.1. The van der Waals surface area contributed by atoms with Crippen molar-refractivity contribution in [3.05, 3.63) is 35.1 Å². The van der Waals surface area contributed by atoms with Gasteiger partial charge in [0, 0.05) is 12.1 Å². The van der Waals surface area contributed by atoms with Crippen molar-refractivity contribution in [2.45, 2.75) is 70.4 Å². The van der Waals surface area contributed by atoms with Gasteiger partial charge in [-0.1, -0.05) is 38.3 Å². The predicted molar refractivity (Wildman–Crippen MR) is 81.3 cm³/mol. The second kappa shape index (κ2) is 6.26. The Morgan fingerprint density at radius 1 is 1.20 bits per heavy atom. The zero-order chi connectivity index (χ0) is 13.9. The maximum absolute atomic E-state index is 13.8. The minimum Gasteiger partial charge on any atom is -0.307 e. The average molecular weight is 275 g/mol. The van der Waals surface area contributed by atoms with Crippen LogP contribution < -0.4 is 5.32 Å². The van der Waals surface area contributed by atoms with Gasteiger partial charge in [-0.05, 0) is 55.2 Å². The van der Waals surface area contributed by atoms with E-state index in [1.54, 1.807) is 6.07 Å². The summed E-state index contributed by atoms with van der Waals surface area (Å²) in [6.45, 7) is 2.29. The van der Waals surface area contributed by atoms with Crippen LogP contribution in [0.4, 0.5) is 4.39 Å². The first-order valence-corrected chi connectivity index (χ1v) is 8.33. The largest absolute Gasteiger partial charge is 0.307 e. The van der Waals surface area contributed by atoms with Gasteiger partial charge in [0.2, 0.25) is 0 Å². The Balaban J connectivity index is 1.70. The molecule has 1 nitrogen and oxygen atoms in total. The number of benzene rings is 1. The summed E-state index contributed by atoms with van der Waals surface area (Å²) in [5.41, 5.74) is 2.16. The molecule has 0 aliphatic heterocycles. The minimum atomic E-state index is -0.0162. The van der Waals surface area contributed by atoms with Crippen LogP contribution in [0.5, 0.6) is 0 Å². The molecule has 0 spiro atoms. The van der Waals surface area contributed by atoms with Crippen molar-refractivity contribution in [3.63, 3.8) is 0 Å². The molecule has 3 rings (SSSR count). The molecular formula is C18H26FN. The Labute approximate surface area is 122 Å². The molecule has 20 heavy (non-hydrogen) atoms. The third kappa shape index (κ3) is 2.76. The van der Waals surface area contributed by atoms with Crippen LogP contribution in [0.3, 0.4) is 0 Å². The van der Waals surface area contributed by atoms with E-state index in [1.165, 1.54) is 44.1 Å². The number of hydrogen-bond donors (Lipinski definition) is 1. The Bertz CT molecular complexity index is 451. The molecule has 1 aromatic carbocycles. The Morgan fingerprint density at radius 3 is 2.75 bits per heavy atom. The van der Waals surface area contributed by atoms with Crippen molar-refractivity contribution in [2.24, 2.45) is 5.92 Å². The molecule has 2 unspecified atom stereocenters. The van der Waals surface area contributed by atoms with Gasteiger partial charge < -0.3 is 5.32 Å². The summed E-state index contributed by atoms with van der Waals surface area (Å²) in [4.78, 5) is 0. The smallest absolute Gasteiger partial charge is 0.126 e. The van der Waals surface area contributed by atoms with Crippen molar-refractivity contribution in [3.8, 4) is 0 Å². The van der Waals surface area contributed by atoms with E-state index >= 15 is 0 Å². The summed E-state index contributed by atoms with van der Waals surface area (Å²) in [6, 6.07) is 6.54. The fraction of sp³-hybridized carbons (Fsp3) is 0.667. The molecular weight excluding hydrogens is 249 g/mol. The maximum atomic E-state index is 13.8. The summed E-state index contributed by atoms with van der Waals surface area (Å²) in [6.07, 6.45) is 10.1. The van der Waals surface area contributed by atoms with E-state index in [-0.39, 0.29) is 5.82 Å². The highest BCUT2D eigenvalue weighted by Crippen LogP contribution is 2.35. The van der Waals surface area contributed by atoms with E-state index in [0.29, 0.717) is 12.1 Å². The van der Waals surface area contributed by atoms with Gasteiger partial charge >= 0.3 is 0 Å². The summed E-state index contributed by atoms with van der Waals surface area (Å²) in [5.74, 6) is 0.809. The topological polar surface area (TPSA) is 12.0 Å². The van der Waals surface area contributed by atoms with E-state index < -0.39 is 0 Å². The van der Waals surface area contributed by atoms with Crippen LogP contribution in [0.25, 0.3) is 0 Å². The standard InChI is InChI=1S/C18H26FN/c1-2-17(13-7-4-3-5-8-13)20-18-12-11-14-15(18)9-6-10-16(14)19/h6,9-10,13,17-18,20H,2-5,7-8,11-12H2,1H3. The molecule has 2 aliphatic rings. The molecule has 0 aromatic heterocycles. The first-order chi connectivity index (χ1) is 9.79. The highest BCUT2D eigenvalue weighted by molar-refractivity contribution is 5.35. The zero-order valence-corrected chi connectivity index (χ0v) is 12.5. The van der Waals surface area contributed by atoms with Crippen molar-refractivity contribution in [1.82, 2.24) is 5.32 Å². The van der Waals surface area contributed by atoms with Gasteiger partial charge in [-0.15, -0.1) is 0 Å². The normalized spacial score (nSPS) is 24.6. The van der Waals surface area contributed by atoms with E-state index in [4.69, 9.17) is 0 Å². The van der Waals surface area contributed by atoms with Crippen LogP contribution in [0.15, 0.2) is 18.2 Å². The summed E-state index contributed by atoms with van der Waals surface area (Å²) >= 11 is 0. The molecule has 110 valence electrons. The molecule has 1 N–H and O–H groups in total. The van der Waals surface area contributed by atoms with Gasteiger partial charge in [0.05, 0.1) is 0 Å². The van der Waals surface area contributed by atoms with E-state index in [0.717, 1.165) is 24.3 Å². The molecule has 0 amide bonds. The highest BCUT2D eigenvalue weighted by Gasteiger charge is 2.29. The van der Waals surface area contributed by atoms with Gasteiger partial charge in [0.15, 0.2) is 0 Å². The fourth-order valence-electron chi connectivity index (χ4n) is 4.17. The third-order valence-corrected chi connectivity index (χ3v) is 5.29. The number of fused-ring (bicyclic) bond motifs is 1. The van der Waals surface area contributed by atoms with E-state index in [2.05, 4.69) is 18.3 Å². The molecule has 0 heterocycles. The van der Waals surface area contributed by atoms with Gasteiger partial charge in [-0.2, -0.15) is 0 Å². The molecule has 2 aliphatic carbocycles. The zero-order valence-electron chi connectivity index (χ0n) is 12.5. The second-order valence-corrected chi connectivity index (χ2v) is 6.48. The van der Waals surface area contributed by atoms with Crippen LogP contribution in [-0.2, 0) is 6.42 Å². The lowest BCUT2D eigenvalue weighted by Crippen LogP contribution is -2.38. The summed E-state index contributed by atoms with van der Waals surface area (Å²) in [7, 11) is 0. The summed E-state index contributed by atoms with van der Waals surface area (Å²) in [5, 5.41) is 3.85. The molecule has 0 saturated heterocycles. The predicted octanol–water partition coefficient (Wildman–Crippen LogP) is 4.76. The molecule has 1 fully saturated rings. The molecule has 1 saturated carbocycles. The molecule has 1 aromatic rings. The first-order valence-electron chi connectivity index (χ1n) is 8.33. The average Bonchev–Trinajstić information content (AvgIpc) is 2.90. The molecule has 0 bridgehead atoms. The van der Waals surface area contributed by atoms with Crippen LogP contribution in [-0.4, -0.2) is 6.04 Å². The maximum Gasteiger partial charge on any atom is 0.126 e. The quantitative estimate of drug-likeness (QED) is 0.835. The van der Waals surface area contributed by atoms with Gasteiger partial charge in [0.1, 0.15) is 5.82 Å². The number of nitrogens with one attached hydrogen (secondary N) is 1. The third-order valence-electron chi connectivity index (χ3n) is 5.29. The Kier molecular flexibility index (Phi) is 4.40. The van der Waals surface area contributed by atoms with E-state index in [1.807, 2.05) is 6.07 Å². The minimum absolute atomic E-state index is 0.0162. The van der Waals surface area contributed by atoms with E-state index in [9.17, 15) is 4.39 Å². The lowest BCUT2D eigenvalue weighted by atomic mass is 9.82.